The number of halogens is 1. The minimum atomic E-state index is -0.294. The zero-order chi connectivity index (χ0) is 25.7. The molecular weight excluding hydrogens is 516 g/mol. The molecule has 0 saturated carbocycles. The van der Waals surface area contributed by atoms with Crippen LogP contribution in [0.5, 0.6) is 11.5 Å². The van der Waals surface area contributed by atoms with Gasteiger partial charge in [0.25, 0.3) is 11.8 Å². The maximum absolute atomic E-state index is 13.0. The minimum absolute atomic E-state index is 0.147. The van der Waals surface area contributed by atoms with Crippen molar-refractivity contribution < 1.29 is 19.1 Å². The van der Waals surface area contributed by atoms with E-state index in [1.807, 2.05) is 56.3 Å². The molecule has 4 rings (SSSR count). The van der Waals surface area contributed by atoms with E-state index in [1.165, 1.54) is 16.7 Å². The lowest BCUT2D eigenvalue weighted by molar-refractivity contribution is -0.118. The van der Waals surface area contributed by atoms with Gasteiger partial charge in [-0.3, -0.25) is 14.5 Å². The van der Waals surface area contributed by atoms with Crippen molar-refractivity contribution in [3.05, 3.63) is 87.8 Å². The number of carbonyl (C=O) groups is 2. The van der Waals surface area contributed by atoms with Crippen LogP contribution in [0.1, 0.15) is 18.1 Å². The lowest BCUT2D eigenvalue weighted by Crippen LogP contribution is -2.27. The topological polar surface area (TPSA) is 67.9 Å². The summed E-state index contributed by atoms with van der Waals surface area (Å²) in [6.07, 6.45) is 1.78. The van der Waals surface area contributed by atoms with Crippen molar-refractivity contribution in [3.8, 4) is 11.5 Å². The number of nitrogens with zero attached hydrogens (tertiary/aromatic N) is 1. The number of hydrogen-bond acceptors (Lipinski definition) is 6. The average molecular weight is 539 g/mol. The van der Waals surface area contributed by atoms with Gasteiger partial charge in [0, 0.05) is 10.7 Å². The van der Waals surface area contributed by atoms with Crippen LogP contribution in [0.15, 0.2) is 71.6 Å². The average Bonchev–Trinajstić information content (AvgIpc) is 3.14. The zero-order valence-corrected chi connectivity index (χ0v) is 22.0. The van der Waals surface area contributed by atoms with Crippen molar-refractivity contribution in [2.24, 2.45) is 0 Å². The molecule has 2 amide bonds. The van der Waals surface area contributed by atoms with Gasteiger partial charge in [0.1, 0.15) is 11.5 Å². The molecule has 1 aliphatic heterocycles. The summed E-state index contributed by atoms with van der Waals surface area (Å²) in [5.41, 5.74) is 3.05. The van der Waals surface area contributed by atoms with Gasteiger partial charge in [0.15, 0.2) is 10.9 Å². The number of carbonyl (C=O) groups excluding carboxylic acids is 2. The van der Waals surface area contributed by atoms with Crippen molar-refractivity contribution in [1.29, 1.82) is 0 Å². The SMILES string of the molecule is CCOc1ccc(N2C(=O)/C(=C/c3ccc(OCC(=O)Nc4ccc(C)c(Cl)c4)cc3)SC2=S)cc1. The lowest BCUT2D eigenvalue weighted by atomic mass is 10.2. The molecule has 184 valence electrons. The molecule has 3 aromatic rings. The quantitative estimate of drug-likeness (QED) is 0.262. The summed E-state index contributed by atoms with van der Waals surface area (Å²) < 4.78 is 11.5. The van der Waals surface area contributed by atoms with Crippen LogP contribution >= 0.6 is 35.6 Å². The van der Waals surface area contributed by atoms with Gasteiger partial charge in [-0.1, -0.05) is 53.8 Å². The number of nitrogens with one attached hydrogen (secondary N) is 1. The molecule has 1 heterocycles. The van der Waals surface area contributed by atoms with Gasteiger partial charge in [-0.2, -0.15) is 0 Å². The van der Waals surface area contributed by atoms with E-state index in [9.17, 15) is 9.59 Å². The smallest absolute Gasteiger partial charge is 0.270 e. The Labute approximate surface area is 224 Å². The summed E-state index contributed by atoms with van der Waals surface area (Å²) in [7, 11) is 0. The Morgan fingerprint density at radius 2 is 1.72 bits per heavy atom. The van der Waals surface area contributed by atoms with Crippen molar-refractivity contribution in [1.82, 2.24) is 0 Å². The molecule has 6 nitrogen and oxygen atoms in total. The van der Waals surface area contributed by atoms with Crippen molar-refractivity contribution >= 4 is 69.2 Å². The van der Waals surface area contributed by atoms with E-state index in [1.54, 1.807) is 30.3 Å². The fraction of sp³-hybridized carbons (Fsp3) is 0.148. The van der Waals surface area contributed by atoms with E-state index in [-0.39, 0.29) is 18.4 Å². The van der Waals surface area contributed by atoms with E-state index in [0.29, 0.717) is 38.0 Å². The minimum Gasteiger partial charge on any atom is -0.494 e. The number of rotatable bonds is 8. The number of thioether (sulfide) groups is 1. The molecule has 1 aliphatic rings. The highest BCUT2D eigenvalue weighted by atomic mass is 35.5. The van der Waals surface area contributed by atoms with Gasteiger partial charge in [0.05, 0.1) is 17.2 Å². The van der Waals surface area contributed by atoms with Gasteiger partial charge < -0.3 is 14.8 Å². The summed E-state index contributed by atoms with van der Waals surface area (Å²) in [5.74, 6) is 0.798. The van der Waals surface area contributed by atoms with Gasteiger partial charge in [0.2, 0.25) is 0 Å². The molecule has 0 radical (unpaired) electrons. The largest absolute Gasteiger partial charge is 0.494 e. The van der Waals surface area contributed by atoms with Crippen molar-refractivity contribution in [2.75, 3.05) is 23.4 Å². The molecule has 0 unspecified atom stereocenters. The van der Waals surface area contributed by atoms with Crippen LogP contribution in [0, 0.1) is 6.92 Å². The molecule has 0 aromatic heterocycles. The van der Waals surface area contributed by atoms with Crippen LogP contribution in [0.2, 0.25) is 5.02 Å². The van der Waals surface area contributed by atoms with Crippen LogP contribution in [-0.4, -0.2) is 29.3 Å². The molecule has 0 atom stereocenters. The fourth-order valence-corrected chi connectivity index (χ4v) is 4.86. The molecule has 0 bridgehead atoms. The zero-order valence-electron chi connectivity index (χ0n) is 19.6. The molecular formula is C27H23ClN2O4S2. The van der Waals surface area contributed by atoms with E-state index >= 15 is 0 Å². The van der Waals surface area contributed by atoms with Gasteiger partial charge >= 0.3 is 0 Å². The Balaban J connectivity index is 1.35. The van der Waals surface area contributed by atoms with E-state index in [4.69, 9.17) is 33.3 Å². The molecule has 3 aromatic carbocycles. The molecule has 36 heavy (non-hydrogen) atoms. The van der Waals surface area contributed by atoms with Gasteiger partial charge in [-0.15, -0.1) is 0 Å². The number of hydrogen-bond donors (Lipinski definition) is 1. The van der Waals surface area contributed by atoms with Crippen LogP contribution in [0.25, 0.3) is 6.08 Å². The Morgan fingerprint density at radius 1 is 1.06 bits per heavy atom. The van der Waals surface area contributed by atoms with Crippen molar-refractivity contribution in [2.45, 2.75) is 13.8 Å². The fourth-order valence-electron chi connectivity index (χ4n) is 3.38. The van der Waals surface area contributed by atoms with Crippen molar-refractivity contribution in [3.63, 3.8) is 0 Å². The third-order valence-electron chi connectivity index (χ3n) is 5.20. The standard InChI is InChI=1S/C27H23ClN2O4S2/c1-3-33-21-12-8-20(9-13-21)30-26(32)24(36-27(30)35)14-18-5-10-22(11-6-18)34-16-25(31)29-19-7-4-17(2)23(28)15-19/h4-15H,3,16H2,1-2H3,(H,29,31)/b24-14-. The Bertz CT molecular complexity index is 1320. The third kappa shape index (κ3) is 6.26. The summed E-state index contributed by atoms with van der Waals surface area (Å²) in [4.78, 5) is 27.2. The first-order valence-electron chi connectivity index (χ1n) is 11.1. The molecule has 0 spiro atoms. The highest BCUT2D eigenvalue weighted by molar-refractivity contribution is 8.27. The maximum Gasteiger partial charge on any atom is 0.270 e. The first-order chi connectivity index (χ1) is 17.3. The summed E-state index contributed by atoms with van der Waals surface area (Å²) >= 11 is 12.8. The van der Waals surface area contributed by atoms with E-state index in [2.05, 4.69) is 5.32 Å². The molecule has 0 aliphatic carbocycles. The predicted molar refractivity (Wildman–Crippen MR) is 150 cm³/mol. The summed E-state index contributed by atoms with van der Waals surface area (Å²) in [5, 5.41) is 3.34. The van der Waals surface area contributed by atoms with Gasteiger partial charge in [-0.05, 0) is 79.6 Å². The Morgan fingerprint density at radius 3 is 2.39 bits per heavy atom. The molecule has 1 fully saturated rings. The highest BCUT2D eigenvalue weighted by Crippen LogP contribution is 2.36. The first kappa shape index (κ1) is 25.8. The van der Waals surface area contributed by atoms with Crippen LogP contribution in [0.3, 0.4) is 0 Å². The van der Waals surface area contributed by atoms with Crippen LogP contribution < -0.4 is 19.7 Å². The summed E-state index contributed by atoms with van der Waals surface area (Å²) in [6.45, 7) is 4.23. The monoisotopic (exact) mass is 538 g/mol. The second kappa shape index (κ2) is 11.6. The predicted octanol–water partition coefficient (Wildman–Crippen LogP) is 6.47. The normalized spacial score (nSPS) is 14.3. The second-order valence-corrected chi connectivity index (χ2v) is 9.90. The van der Waals surface area contributed by atoms with E-state index < -0.39 is 0 Å². The number of ether oxygens (including phenoxy) is 2. The lowest BCUT2D eigenvalue weighted by Gasteiger charge is -2.15. The molecule has 1 N–H and O–H groups in total. The number of amides is 2. The molecule has 1 saturated heterocycles. The van der Waals surface area contributed by atoms with Gasteiger partial charge in [-0.25, -0.2) is 0 Å². The second-order valence-electron chi connectivity index (χ2n) is 7.81. The Kier molecular flexibility index (Phi) is 8.30. The van der Waals surface area contributed by atoms with E-state index in [0.717, 1.165) is 16.9 Å². The maximum atomic E-state index is 13.0. The number of anilines is 2. The molecule has 9 heteroatoms. The third-order valence-corrected chi connectivity index (χ3v) is 6.91. The number of thiocarbonyl (C=S) groups is 1. The van der Waals surface area contributed by atoms with Crippen LogP contribution in [-0.2, 0) is 9.59 Å². The van der Waals surface area contributed by atoms with Crippen LogP contribution in [0.4, 0.5) is 11.4 Å². The summed E-state index contributed by atoms with van der Waals surface area (Å²) in [6, 6.07) is 19.7. The number of benzene rings is 3. The first-order valence-corrected chi connectivity index (χ1v) is 12.7. The Hall–Kier alpha value is -3.33. The number of aryl methyl sites for hydroxylation is 1. The highest BCUT2D eigenvalue weighted by Gasteiger charge is 2.33.